The molecule has 3 aromatic rings. The van der Waals surface area contributed by atoms with Crippen molar-refractivity contribution in [1.29, 1.82) is 0 Å². The quantitative estimate of drug-likeness (QED) is 0.365. The van der Waals surface area contributed by atoms with Crippen molar-refractivity contribution in [2.24, 2.45) is 0 Å². The van der Waals surface area contributed by atoms with Crippen LogP contribution in [0.4, 0.5) is 17.1 Å². The minimum Gasteiger partial charge on any atom is -0.349 e. The summed E-state index contributed by atoms with van der Waals surface area (Å²) in [6, 6.07) is 22.7. The summed E-state index contributed by atoms with van der Waals surface area (Å²) in [4.78, 5) is 38.9. The predicted octanol–water partition coefficient (Wildman–Crippen LogP) is 3.79. The van der Waals surface area contributed by atoms with Gasteiger partial charge in [0.25, 0.3) is 11.5 Å². The summed E-state index contributed by atoms with van der Waals surface area (Å²) in [5, 5.41) is 11.2. The molecule has 0 radical (unpaired) electrons. The Bertz CT molecular complexity index is 1100. The highest BCUT2D eigenvalue weighted by molar-refractivity contribution is 6.52. The van der Waals surface area contributed by atoms with Crippen LogP contribution in [0.25, 0.3) is 0 Å². The highest BCUT2D eigenvalue weighted by atomic mass is 16.6. The zero-order valence-electron chi connectivity index (χ0n) is 15.4. The van der Waals surface area contributed by atoms with E-state index in [1.807, 2.05) is 35.2 Å². The Morgan fingerprint density at radius 3 is 2.38 bits per heavy atom. The molecule has 144 valence electrons. The first-order valence-electron chi connectivity index (χ1n) is 9.03. The fraction of sp³-hybridized carbons (Fsp3) is 0.0909. The van der Waals surface area contributed by atoms with Gasteiger partial charge in [0.15, 0.2) is 0 Å². The zero-order chi connectivity index (χ0) is 20.4. The van der Waals surface area contributed by atoms with E-state index >= 15 is 0 Å². The highest BCUT2D eigenvalue weighted by Gasteiger charge is 2.36. The van der Waals surface area contributed by atoms with E-state index in [-0.39, 0.29) is 12.4 Å². The molecule has 3 aromatic carbocycles. The molecule has 7 heteroatoms. The molecule has 0 aliphatic carbocycles. The Morgan fingerprint density at radius 2 is 1.62 bits per heavy atom. The van der Waals surface area contributed by atoms with Gasteiger partial charge >= 0.3 is 5.91 Å². The Hall–Kier alpha value is -4.00. The van der Waals surface area contributed by atoms with Crippen molar-refractivity contribution in [1.82, 2.24) is 0 Å². The van der Waals surface area contributed by atoms with E-state index in [9.17, 15) is 19.7 Å². The van der Waals surface area contributed by atoms with Gasteiger partial charge in [-0.1, -0.05) is 48.5 Å². The maximum atomic E-state index is 12.6. The van der Waals surface area contributed by atoms with Gasteiger partial charge in [-0.3, -0.25) is 24.6 Å². The number of carbonyl (C=O) groups is 2. The molecule has 0 spiro atoms. The summed E-state index contributed by atoms with van der Waals surface area (Å²) in [5.41, 5.74) is 2.45. The second-order valence-corrected chi connectivity index (χ2v) is 6.68. The number of hydrogen-bond donors (Lipinski definition) is 0. The smallest absolute Gasteiger partial charge is 0.300 e. The van der Waals surface area contributed by atoms with Crippen LogP contribution in [0.15, 0.2) is 78.9 Å². The summed E-state index contributed by atoms with van der Waals surface area (Å²) in [6.45, 7) is 0.514. The lowest BCUT2D eigenvalue weighted by Crippen LogP contribution is -2.41. The van der Waals surface area contributed by atoms with Crippen LogP contribution >= 0.6 is 0 Å². The van der Waals surface area contributed by atoms with E-state index in [1.165, 1.54) is 17.0 Å². The molecule has 1 heterocycles. The van der Waals surface area contributed by atoms with Crippen molar-refractivity contribution in [2.45, 2.75) is 6.54 Å². The Kier molecular flexibility index (Phi) is 4.78. The molecule has 29 heavy (non-hydrogen) atoms. The van der Waals surface area contributed by atoms with Crippen molar-refractivity contribution in [3.8, 4) is 0 Å². The number of carbonyl (C=O) groups excluding carboxylic acids is 2. The summed E-state index contributed by atoms with van der Waals surface area (Å²) in [7, 11) is 0. The van der Waals surface area contributed by atoms with Gasteiger partial charge in [-0.25, -0.2) is 0 Å². The predicted molar refractivity (Wildman–Crippen MR) is 109 cm³/mol. The van der Waals surface area contributed by atoms with Gasteiger partial charge in [0.05, 0.1) is 22.8 Å². The minimum absolute atomic E-state index is 0.0372. The molecule has 0 saturated heterocycles. The second kappa shape index (κ2) is 7.55. The first kappa shape index (κ1) is 18.4. The SMILES string of the molecule is O=C1C(=O)N(CN(Cc2ccccc2)c2cccc([N+](=O)[O-])c2)c2ccccc21. The van der Waals surface area contributed by atoms with Gasteiger partial charge in [0.1, 0.15) is 0 Å². The summed E-state index contributed by atoms with van der Waals surface area (Å²) >= 11 is 0. The van der Waals surface area contributed by atoms with Crippen LogP contribution in [-0.4, -0.2) is 23.3 Å². The van der Waals surface area contributed by atoms with Crippen LogP contribution in [0.3, 0.4) is 0 Å². The first-order valence-corrected chi connectivity index (χ1v) is 9.03. The van der Waals surface area contributed by atoms with E-state index in [2.05, 4.69) is 0 Å². The maximum Gasteiger partial charge on any atom is 0.300 e. The zero-order valence-corrected chi connectivity index (χ0v) is 15.4. The molecule has 0 bridgehead atoms. The van der Waals surface area contributed by atoms with Gasteiger partial charge in [-0.05, 0) is 23.8 Å². The summed E-state index contributed by atoms with van der Waals surface area (Å²) in [6.07, 6.45) is 0. The third-order valence-electron chi connectivity index (χ3n) is 4.81. The van der Waals surface area contributed by atoms with Crippen molar-refractivity contribution < 1.29 is 14.5 Å². The number of non-ortho nitro benzene ring substituents is 1. The Balaban J connectivity index is 1.71. The van der Waals surface area contributed by atoms with E-state index in [1.54, 1.807) is 36.4 Å². The molecule has 0 atom stereocenters. The molecule has 4 rings (SSSR count). The number of ketones is 1. The third-order valence-corrected chi connectivity index (χ3v) is 4.81. The molecule has 0 aromatic heterocycles. The third kappa shape index (κ3) is 3.58. The fourth-order valence-corrected chi connectivity index (χ4v) is 3.39. The number of anilines is 2. The lowest BCUT2D eigenvalue weighted by atomic mass is 10.1. The standard InChI is InChI=1S/C22H17N3O4/c26-21-19-11-4-5-12-20(19)24(22(21)27)15-23(14-16-7-2-1-3-8-16)17-9-6-10-18(13-17)25(28)29/h1-13H,14-15H2. The van der Waals surface area contributed by atoms with E-state index < -0.39 is 16.6 Å². The lowest BCUT2D eigenvalue weighted by Gasteiger charge is -2.30. The van der Waals surface area contributed by atoms with Gasteiger partial charge < -0.3 is 4.90 Å². The Morgan fingerprint density at radius 1 is 0.897 bits per heavy atom. The van der Waals surface area contributed by atoms with Crippen molar-refractivity contribution in [3.63, 3.8) is 0 Å². The van der Waals surface area contributed by atoms with Crippen LogP contribution in [0, 0.1) is 10.1 Å². The molecule has 1 amide bonds. The minimum atomic E-state index is -0.602. The van der Waals surface area contributed by atoms with Crippen LogP contribution in [-0.2, 0) is 11.3 Å². The molecular formula is C22H17N3O4. The van der Waals surface area contributed by atoms with Gasteiger partial charge in [-0.15, -0.1) is 0 Å². The number of hydrogen-bond acceptors (Lipinski definition) is 5. The highest BCUT2D eigenvalue weighted by Crippen LogP contribution is 2.30. The van der Waals surface area contributed by atoms with Crippen LogP contribution in [0.1, 0.15) is 15.9 Å². The molecule has 0 saturated carbocycles. The molecule has 1 aliphatic heterocycles. The number of fused-ring (bicyclic) bond motifs is 1. The number of amides is 1. The number of nitrogens with zero attached hydrogens (tertiary/aromatic N) is 3. The van der Waals surface area contributed by atoms with Crippen LogP contribution in [0.2, 0.25) is 0 Å². The molecular weight excluding hydrogens is 370 g/mol. The van der Waals surface area contributed by atoms with Crippen molar-refractivity contribution in [2.75, 3.05) is 16.5 Å². The number of Topliss-reactive ketones (excluding diaryl/α,β-unsaturated/α-hetero) is 1. The summed E-state index contributed by atoms with van der Waals surface area (Å²) in [5.74, 6) is -1.14. The van der Waals surface area contributed by atoms with Crippen LogP contribution in [0.5, 0.6) is 0 Å². The number of benzene rings is 3. The van der Waals surface area contributed by atoms with Gasteiger partial charge in [0, 0.05) is 24.4 Å². The molecule has 1 aliphatic rings. The average molecular weight is 387 g/mol. The molecule has 0 N–H and O–H groups in total. The first-order chi connectivity index (χ1) is 14.0. The van der Waals surface area contributed by atoms with Gasteiger partial charge in [-0.2, -0.15) is 0 Å². The van der Waals surface area contributed by atoms with E-state index in [0.29, 0.717) is 23.5 Å². The van der Waals surface area contributed by atoms with E-state index in [0.717, 1.165) is 5.56 Å². The number of para-hydroxylation sites is 1. The number of nitro groups is 1. The maximum absolute atomic E-state index is 12.6. The van der Waals surface area contributed by atoms with Gasteiger partial charge in [0.2, 0.25) is 0 Å². The fourth-order valence-electron chi connectivity index (χ4n) is 3.39. The molecule has 0 fully saturated rings. The Labute approximate surface area is 166 Å². The average Bonchev–Trinajstić information content (AvgIpc) is 2.99. The number of rotatable bonds is 6. The second-order valence-electron chi connectivity index (χ2n) is 6.68. The topological polar surface area (TPSA) is 83.8 Å². The summed E-state index contributed by atoms with van der Waals surface area (Å²) < 4.78 is 0. The largest absolute Gasteiger partial charge is 0.349 e. The van der Waals surface area contributed by atoms with Crippen molar-refractivity contribution >= 4 is 28.8 Å². The monoisotopic (exact) mass is 387 g/mol. The molecule has 7 nitrogen and oxygen atoms in total. The lowest BCUT2D eigenvalue weighted by molar-refractivity contribution is -0.384. The van der Waals surface area contributed by atoms with Crippen molar-refractivity contribution in [3.05, 3.63) is 100 Å². The number of nitro benzene ring substituents is 1. The molecule has 0 unspecified atom stereocenters. The van der Waals surface area contributed by atoms with E-state index in [4.69, 9.17) is 0 Å². The normalized spacial score (nSPS) is 12.8. The van der Waals surface area contributed by atoms with Crippen LogP contribution < -0.4 is 9.80 Å².